The highest BCUT2D eigenvalue weighted by Crippen LogP contribution is 2.27. The summed E-state index contributed by atoms with van der Waals surface area (Å²) in [5.41, 5.74) is 1.29. The van der Waals surface area contributed by atoms with Gasteiger partial charge in [0.15, 0.2) is 6.29 Å². The molecule has 0 radical (unpaired) electrons. The average molecular weight is 178 g/mol. The Hall–Kier alpha value is -1.02. The Bertz CT molecular complexity index is 283. The van der Waals surface area contributed by atoms with Crippen molar-refractivity contribution in [3.05, 3.63) is 29.8 Å². The van der Waals surface area contributed by atoms with Crippen LogP contribution in [0.3, 0.4) is 0 Å². The largest absolute Gasteiger partial charge is 0.465 e. The molecule has 0 bridgehead atoms. The van der Waals surface area contributed by atoms with E-state index in [2.05, 4.69) is 6.07 Å². The van der Waals surface area contributed by atoms with E-state index in [0.29, 0.717) is 6.61 Å². The first-order valence-corrected chi connectivity index (χ1v) is 4.76. The van der Waals surface area contributed by atoms with Gasteiger partial charge in [0.1, 0.15) is 5.75 Å². The van der Waals surface area contributed by atoms with Crippen molar-refractivity contribution in [3.8, 4) is 5.75 Å². The minimum absolute atomic E-state index is 0.0418. The molecule has 0 aliphatic carbocycles. The predicted molar refractivity (Wildman–Crippen MR) is 50.8 cm³/mol. The van der Waals surface area contributed by atoms with Gasteiger partial charge in [-0.3, -0.25) is 0 Å². The van der Waals surface area contributed by atoms with Crippen molar-refractivity contribution in [1.29, 1.82) is 0 Å². The Morgan fingerprint density at radius 1 is 1.46 bits per heavy atom. The quantitative estimate of drug-likeness (QED) is 0.692. The van der Waals surface area contributed by atoms with Crippen LogP contribution in [0.2, 0.25) is 0 Å². The molecule has 1 aromatic rings. The second-order valence-corrected chi connectivity index (χ2v) is 3.15. The van der Waals surface area contributed by atoms with E-state index in [1.54, 1.807) is 0 Å². The summed E-state index contributed by atoms with van der Waals surface area (Å²) < 4.78 is 11.1. The third-order valence-electron chi connectivity index (χ3n) is 2.23. The number of aryl methyl sites for hydroxylation is 1. The molecule has 2 heteroatoms. The van der Waals surface area contributed by atoms with E-state index in [-0.39, 0.29) is 6.29 Å². The molecule has 1 aromatic carbocycles. The van der Waals surface area contributed by atoms with Gasteiger partial charge in [-0.05, 0) is 25.0 Å². The summed E-state index contributed by atoms with van der Waals surface area (Å²) in [4.78, 5) is 0. The molecule has 0 saturated heterocycles. The van der Waals surface area contributed by atoms with Gasteiger partial charge in [0.25, 0.3) is 0 Å². The summed E-state index contributed by atoms with van der Waals surface area (Å²) in [5.74, 6) is 0.979. The van der Waals surface area contributed by atoms with Crippen LogP contribution in [0, 0.1) is 0 Å². The third kappa shape index (κ3) is 1.83. The summed E-state index contributed by atoms with van der Waals surface area (Å²) in [5, 5.41) is 0. The third-order valence-corrected chi connectivity index (χ3v) is 2.23. The van der Waals surface area contributed by atoms with Gasteiger partial charge in [0, 0.05) is 13.0 Å². The van der Waals surface area contributed by atoms with Crippen LogP contribution in [0.15, 0.2) is 24.3 Å². The Balaban J connectivity index is 2.11. The number of para-hydroxylation sites is 1. The first-order chi connectivity index (χ1) is 6.40. The monoisotopic (exact) mass is 178 g/mol. The first-order valence-electron chi connectivity index (χ1n) is 4.76. The number of rotatable bonds is 2. The van der Waals surface area contributed by atoms with Crippen molar-refractivity contribution in [3.63, 3.8) is 0 Å². The lowest BCUT2D eigenvalue weighted by Crippen LogP contribution is -2.25. The molecule has 1 atom stereocenters. The average Bonchev–Trinajstić information content (AvgIpc) is 2.18. The smallest absolute Gasteiger partial charge is 0.200 e. The fraction of sp³-hybridized carbons (Fsp3) is 0.455. The molecule has 2 nitrogen and oxygen atoms in total. The lowest BCUT2D eigenvalue weighted by atomic mass is 10.1. The maximum absolute atomic E-state index is 5.65. The van der Waals surface area contributed by atoms with Crippen molar-refractivity contribution in [1.82, 2.24) is 0 Å². The molecule has 1 aliphatic rings. The fourth-order valence-electron chi connectivity index (χ4n) is 1.60. The van der Waals surface area contributed by atoms with Crippen LogP contribution >= 0.6 is 0 Å². The molecule has 0 fully saturated rings. The Labute approximate surface area is 78.5 Å². The molecule has 2 rings (SSSR count). The lowest BCUT2D eigenvalue weighted by Gasteiger charge is -2.25. The molecule has 70 valence electrons. The van der Waals surface area contributed by atoms with Gasteiger partial charge in [0.05, 0.1) is 0 Å². The van der Waals surface area contributed by atoms with E-state index in [1.165, 1.54) is 5.56 Å². The van der Waals surface area contributed by atoms with E-state index in [1.807, 2.05) is 25.1 Å². The molecular formula is C11H14O2. The van der Waals surface area contributed by atoms with E-state index < -0.39 is 0 Å². The van der Waals surface area contributed by atoms with E-state index in [0.717, 1.165) is 18.6 Å². The molecule has 0 spiro atoms. The summed E-state index contributed by atoms with van der Waals surface area (Å²) >= 11 is 0. The number of hydrogen-bond donors (Lipinski definition) is 0. The number of hydrogen-bond acceptors (Lipinski definition) is 2. The summed E-state index contributed by atoms with van der Waals surface area (Å²) in [6.07, 6.45) is 1.98. The van der Waals surface area contributed by atoms with E-state index in [4.69, 9.17) is 9.47 Å². The van der Waals surface area contributed by atoms with E-state index in [9.17, 15) is 0 Å². The van der Waals surface area contributed by atoms with Gasteiger partial charge in [-0.25, -0.2) is 0 Å². The molecule has 0 saturated carbocycles. The maximum Gasteiger partial charge on any atom is 0.200 e. The topological polar surface area (TPSA) is 18.5 Å². The van der Waals surface area contributed by atoms with Crippen molar-refractivity contribution in [2.45, 2.75) is 26.1 Å². The highest BCUT2D eigenvalue weighted by Gasteiger charge is 2.18. The van der Waals surface area contributed by atoms with Crippen molar-refractivity contribution < 1.29 is 9.47 Å². The first kappa shape index (κ1) is 8.57. The zero-order valence-electron chi connectivity index (χ0n) is 7.82. The van der Waals surface area contributed by atoms with Gasteiger partial charge in [-0.2, -0.15) is 0 Å². The Kier molecular flexibility index (Phi) is 2.50. The molecule has 1 heterocycles. The molecule has 0 N–H and O–H groups in total. The van der Waals surface area contributed by atoms with Crippen LogP contribution < -0.4 is 4.74 Å². The normalized spacial score (nSPS) is 20.5. The zero-order valence-corrected chi connectivity index (χ0v) is 7.82. The van der Waals surface area contributed by atoms with Gasteiger partial charge in [0.2, 0.25) is 0 Å². The second kappa shape index (κ2) is 3.79. The van der Waals surface area contributed by atoms with Crippen LogP contribution in [-0.2, 0) is 11.2 Å². The van der Waals surface area contributed by atoms with Crippen molar-refractivity contribution >= 4 is 0 Å². The van der Waals surface area contributed by atoms with Crippen molar-refractivity contribution in [2.75, 3.05) is 6.61 Å². The van der Waals surface area contributed by atoms with Crippen LogP contribution in [0.1, 0.15) is 18.9 Å². The summed E-state index contributed by atoms with van der Waals surface area (Å²) in [6.45, 7) is 2.71. The van der Waals surface area contributed by atoms with Crippen molar-refractivity contribution in [2.24, 2.45) is 0 Å². The van der Waals surface area contributed by atoms with Crippen LogP contribution in [0.5, 0.6) is 5.75 Å². The molecule has 0 aromatic heterocycles. The Morgan fingerprint density at radius 2 is 2.31 bits per heavy atom. The van der Waals surface area contributed by atoms with Gasteiger partial charge >= 0.3 is 0 Å². The maximum atomic E-state index is 5.65. The van der Waals surface area contributed by atoms with E-state index >= 15 is 0 Å². The highest BCUT2D eigenvalue weighted by molar-refractivity contribution is 5.34. The molecular weight excluding hydrogens is 164 g/mol. The van der Waals surface area contributed by atoms with Crippen LogP contribution in [0.25, 0.3) is 0 Å². The van der Waals surface area contributed by atoms with Gasteiger partial charge in [-0.15, -0.1) is 0 Å². The number of ether oxygens (including phenoxy) is 2. The summed E-state index contributed by atoms with van der Waals surface area (Å²) in [7, 11) is 0. The van der Waals surface area contributed by atoms with Crippen LogP contribution in [0.4, 0.5) is 0 Å². The number of benzene rings is 1. The Morgan fingerprint density at radius 3 is 3.15 bits per heavy atom. The predicted octanol–water partition coefficient (Wildman–Crippen LogP) is 2.37. The summed E-state index contributed by atoms with van der Waals surface area (Å²) in [6, 6.07) is 8.15. The second-order valence-electron chi connectivity index (χ2n) is 3.15. The van der Waals surface area contributed by atoms with Crippen LogP contribution in [-0.4, -0.2) is 12.9 Å². The molecule has 0 amide bonds. The minimum Gasteiger partial charge on any atom is -0.465 e. The highest BCUT2D eigenvalue weighted by atomic mass is 16.7. The fourth-order valence-corrected chi connectivity index (χ4v) is 1.60. The SMILES string of the molecule is CCO[C@@H]1CCc2ccccc2O1. The molecule has 1 aliphatic heterocycles. The zero-order chi connectivity index (χ0) is 9.10. The lowest BCUT2D eigenvalue weighted by molar-refractivity contribution is -0.0861. The van der Waals surface area contributed by atoms with Gasteiger partial charge < -0.3 is 9.47 Å². The molecule has 0 unspecified atom stereocenters. The molecule has 13 heavy (non-hydrogen) atoms. The van der Waals surface area contributed by atoms with Gasteiger partial charge in [-0.1, -0.05) is 18.2 Å². The standard InChI is InChI=1S/C11H14O2/c1-2-12-11-8-7-9-5-3-4-6-10(9)13-11/h3-6,11H,2,7-8H2,1H3/t11-/m0/s1. The minimum atomic E-state index is -0.0418. The number of fused-ring (bicyclic) bond motifs is 1.